The molecule has 0 saturated carbocycles. The predicted molar refractivity (Wildman–Crippen MR) is 83.0 cm³/mol. The summed E-state index contributed by atoms with van der Waals surface area (Å²) in [7, 11) is 1.47. The smallest absolute Gasteiger partial charge is 0.165 e. The van der Waals surface area contributed by atoms with E-state index in [2.05, 4.69) is 36.0 Å². The van der Waals surface area contributed by atoms with Crippen LogP contribution in [0.1, 0.15) is 25.0 Å². The number of nitrogens with one attached hydrogen (secondary N) is 1. The second-order valence-corrected chi connectivity index (χ2v) is 5.69. The summed E-state index contributed by atoms with van der Waals surface area (Å²) in [6.07, 6.45) is 4.12. The van der Waals surface area contributed by atoms with Crippen molar-refractivity contribution in [3.8, 4) is 5.75 Å². The molecule has 2 aromatic rings. The van der Waals surface area contributed by atoms with Crippen molar-refractivity contribution in [3.05, 3.63) is 53.6 Å². The van der Waals surface area contributed by atoms with Gasteiger partial charge in [0.15, 0.2) is 11.6 Å². The van der Waals surface area contributed by atoms with Gasteiger partial charge >= 0.3 is 0 Å². The van der Waals surface area contributed by atoms with Crippen molar-refractivity contribution >= 4 is 0 Å². The Labute approximate surface area is 125 Å². The molecular formula is C17H23FN2O. The first-order chi connectivity index (χ1) is 10.1. The SMILES string of the molecule is COc1ccc(Cn2ccc(CNCC(C)C)c2)cc1F. The third-order valence-electron chi connectivity index (χ3n) is 3.27. The Morgan fingerprint density at radius 1 is 1.24 bits per heavy atom. The van der Waals surface area contributed by atoms with Crippen molar-refractivity contribution in [2.24, 2.45) is 5.92 Å². The number of nitrogens with zero attached hydrogens (tertiary/aromatic N) is 1. The van der Waals surface area contributed by atoms with Gasteiger partial charge in [0.1, 0.15) is 0 Å². The van der Waals surface area contributed by atoms with Gasteiger partial charge in [-0.05, 0) is 41.8 Å². The van der Waals surface area contributed by atoms with Crippen molar-refractivity contribution in [2.45, 2.75) is 26.9 Å². The molecule has 1 aromatic carbocycles. The number of hydrogen-bond acceptors (Lipinski definition) is 2. The second kappa shape index (κ2) is 7.27. The highest BCUT2D eigenvalue weighted by Gasteiger charge is 2.04. The Kier molecular flexibility index (Phi) is 5.39. The molecule has 0 saturated heterocycles. The minimum absolute atomic E-state index is 0.282. The van der Waals surface area contributed by atoms with Crippen molar-refractivity contribution in [1.82, 2.24) is 9.88 Å². The number of hydrogen-bond donors (Lipinski definition) is 1. The van der Waals surface area contributed by atoms with Gasteiger partial charge in [-0.25, -0.2) is 4.39 Å². The van der Waals surface area contributed by atoms with Gasteiger partial charge in [-0.2, -0.15) is 0 Å². The molecule has 0 aliphatic carbocycles. The fraction of sp³-hybridized carbons (Fsp3) is 0.412. The highest BCUT2D eigenvalue weighted by molar-refractivity contribution is 5.29. The molecule has 0 aliphatic heterocycles. The summed E-state index contributed by atoms with van der Waals surface area (Å²) in [4.78, 5) is 0. The van der Waals surface area contributed by atoms with Gasteiger partial charge in [0.2, 0.25) is 0 Å². The summed E-state index contributed by atoms with van der Waals surface area (Å²) >= 11 is 0. The standard InChI is InChI=1S/C17H23FN2O/c1-13(2)9-19-10-15-6-7-20(12-15)11-14-4-5-17(21-3)16(18)8-14/h4-8,12-13,19H,9-11H2,1-3H3. The minimum atomic E-state index is -0.319. The lowest BCUT2D eigenvalue weighted by molar-refractivity contribution is 0.386. The Bertz CT molecular complexity index is 578. The summed E-state index contributed by atoms with van der Waals surface area (Å²) in [6, 6.07) is 7.17. The van der Waals surface area contributed by atoms with Crippen LogP contribution >= 0.6 is 0 Å². The number of ether oxygens (including phenoxy) is 1. The van der Waals surface area contributed by atoms with Crippen LogP contribution in [0.25, 0.3) is 0 Å². The zero-order valence-corrected chi connectivity index (χ0v) is 12.9. The predicted octanol–water partition coefficient (Wildman–Crippen LogP) is 3.43. The Morgan fingerprint density at radius 3 is 2.71 bits per heavy atom. The molecular weight excluding hydrogens is 267 g/mol. The van der Waals surface area contributed by atoms with Crippen LogP contribution in [0.15, 0.2) is 36.7 Å². The van der Waals surface area contributed by atoms with E-state index in [1.807, 2.05) is 12.3 Å². The van der Waals surface area contributed by atoms with Crippen LogP contribution in [0.5, 0.6) is 5.75 Å². The zero-order valence-electron chi connectivity index (χ0n) is 12.9. The molecule has 0 bridgehead atoms. The summed E-state index contributed by atoms with van der Waals surface area (Å²) in [5.74, 6) is 0.611. The summed E-state index contributed by atoms with van der Waals surface area (Å²) in [6.45, 7) is 6.91. The van der Waals surface area contributed by atoms with E-state index in [9.17, 15) is 4.39 Å². The monoisotopic (exact) mass is 290 g/mol. The van der Waals surface area contributed by atoms with E-state index in [4.69, 9.17) is 4.74 Å². The molecule has 3 nitrogen and oxygen atoms in total. The highest BCUT2D eigenvalue weighted by Crippen LogP contribution is 2.18. The molecule has 114 valence electrons. The molecule has 0 radical (unpaired) electrons. The summed E-state index contributed by atoms with van der Waals surface area (Å²) < 4.78 is 20.6. The lowest BCUT2D eigenvalue weighted by Gasteiger charge is -2.07. The van der Waals surface area contributed by atoms with Gasteiger partial charge in [-0.3, -0.25) is 0 Å². The first-order valence-electron chi connectivity index (χ1n) is 7.26. The molecule has 0 unspecified atom stereocenters. The molecule has 0 amide bonds. The molecule has 1 aromatic heterocycles. The van der Waals surface area contributed by atoms with E-state index >= 15 is 0 Å². The normalized spacial score (nSPS) is 11.1. The van der Waals surface area contributed by atoms with Crippen molar-refractivity contribution in [3.63, 3.8) is 0 Å². The largest absolute Gasteiger partial charge is 0.494 e. The molecule has 2 rings (SSSR count). The van der Waals surface area contributed by atoms with Crippen LogP contribution in [0, 0.1) is 11.7 Å². The van der Waals surface area contributed by atoms with Crippen molar-refractivity contribution in [2.75, 3.05) is 13.7 Å². The van der Waals surface area contributed by atoms with E-state index in [1.165, 1.54) is 18.7 Å². The molecule has 4 heteroatoms. The molecule has 1 N–H and O–H groups in total. The molecule has 21 heavy (non-hydrogen) atoms. The van der Waals surface area contributed by atoms with E-state index < -0.39 is 0 Å². The molecule has 0 fully saturated rings. The van der Waals surface area contributed by atoms with Crippen LogP contribution < -0.4 is 10.1 Å². The van der Waals surface area contributed by atoms with Crippen molar-refractivity contribution < 1.29 is 9.13 Å². The Balaban J connectivity index is 1.94. The lowest BCUT2D eigenvalue weighted by atomic mass is 10.2. The first kappa shape index (κ1) is 15.6. The number of benzene rings is 1. The summed E-state index contributed by atoms with van der Waals surface area (Å²) in [5.41, 5.74) is 2.16. The molecule has 1 heterocycles. The number of aromatic nitrogens is 1. The van der Waals surface area contributed by atoms with Gasteiger partial charge in [0, 0.05) is 25.5 Å². The van der Waals surface area contributed by atoms with Crippen molar-refractivity contribution in [1.29, 1.82) is 0 Å². The second-order valence-electron chi connectivity index (χ2n) is 5.69. The van der Waals surface area contributed by atoms with Gasteiger partial charge in [0.05, 0.1) is 7.11 Å². The Hall–Kier alpha value is -1.81. The number of halogens is 1. The fourth-order valence-electron chi connectivity index (χ4n) is 2.22. The molecule has 0 atom stereocenters. The average Bonchev–Trinajstić information content (AvgIpc) is 2.86. The van der Waals surface area contributed by atoms with Crippen LogP contribution in [0.4, 0.5) is 4.39 Å². The molecule has 0 aliphatic rings. The first-order valence-corrected chi connectivity index (χ1v) is 7.26. The van der Waals surface area contributed by atoms with E-state index in [0.29, 0.717) is 12.5 Å². The zero-order chi connectivity index (χ0) is 15.2. The highest BCUT2D eigenvalue weighted by atomic mass is 19.1. The van der Waals surface area contributed by atoms with Crippen LogP contribution in [0.3, 0.4) is 0 Å². The maximum absolute atomic E-state index is 13.7. The maximum atomic E-state index is 13.7. The van der Waals surface area contributed by atoms with Gasteiger partial charge < -0.3 is 14.6 Å². The molecule has 0 spiro atoms. The van der Waals surface area contributed by atoms with Crippen LogP contribution in [-0.4, -0.2) is 18.2 Å². The van der Waals surface area contributed by atoms with Gasteiger partial charge in [0.25, 0.3) is 0 Å². The maximum Gasteiger partial charge on any atom is 0.165 e. The number of methoxy groups -OCH3 is 1. The fourth-order valence-corrected chi connectivity index (χ4v) is 2.22. The van der Waals surface area contributed by atoms with Gasteiger partial charge in [-0.1, -0.05) is 19.9 Å². The third-order valence-corrected chi connectivity index (χ3v) is 3.27. The lowest BCUT2D eigenvalue weighted by Crippen LogP contribution is -2.18. The van der Waals surface area contributed by atoms with Gasteiger partial charge in [-0.15, -0.1) is 0 Å². The van der Waals surface area contributed by atoms with Crippen LogP contribution in [0.2, 0.25) is 0 Å². The Morgan fingerprint density at radius 2 is 2.05 bits per heavy atom. The summed E-state index contributed by atoms with van der Waals surface area (Å²) in [5, 5.41) is 3.41. The van der Waals surface area contributed by atoms with E-state index in [1.54, 1.807) is 6.07 Å². The topological polar surface area (TPSA) is 26.2 Å². The van der Waals surface area contributed by atoms with E-state index in [-0.39, 0.29) is 11.6 Å². The number of rotatable bonds is 7. The quantitative estimate of drug-likeness (QED) is 0.845. The van der Waals surface area contributed by atoms with E-state index in [0.717, 1.165) is 18.7 Å². The van der Waals surface area contributed by atoms with Crippen LogP contribution in [-0.2, 0) is 13.1 Å². The third kappa shape index (κ3) is 4.60. The minimum Gasteiger partial charge on any atom is -0.494 e. The average molecular weight is 290 g/mol.